The lowest BCUT2D eigenvalue weighted by Crippen LogP contribution is -2.29. The van der Waals surface area contributed by atoms with Crippen molar-refractivity contribution in [2.24, 2.45) is 5.92 Å². The van der Waals surface area contributed by atoms with E-state index in [1.807, 2.05) is 6.07 Å². The summed E-state index contributed by atoms with van der Waals surface area (Å²) in [4.78, 5) is 2.37. The van der Waals surface area contributed by atoms with Gasteiger partial charge < -0.3 is 10.6 Å². The van der Waals surface area contributed by atoms with Crippen LogP contribution in [-0.4, -0.2) is 28.6 Å². The van der Waals surface area contributed by atoms with E-state index in [2.05, 4.69) is 30.4 Å². The minimum atomic E-state index is -3.50. The Labute approximate surface area is 128 Å². The molecule has 0 saturated carbocycles. The fourth-order valence-electron chi connectivity index (χ4n) is 2.36. The van der Waals surface area contributed by atoms with Crippen molar-refractivity contribution < 1.29 is 8.42 Å². The van der Waals surface area contributed by atoms with Crippen LogP contribution in [0.5, 0.6) is 0 Å². The molecule has 3 N–H and O–H groups in total. The average molecular weight is 313 g/mol. The molecule has 0 aliphatic heterocycles. The Balaban J connectivity index is 3.06. The van der Waals surface area contributed by atoms with Crippen LogP contribution in [0.4, 0.5) is 11.4 Å². The van der Waals surface area contributed by atoms with Crippen molar-refractivity contribution in [3.8, 4) is 0 Å². The molecule has 1 aromatic carbocycles. The predicted molar refractivity (Wildman–Crippen MR) is 89.1 cm³/mol. The van der Waals surface area contributed by atoms with Crippen molar-refractivity contribution in [2.45, 2.75) is 38.5 Å². The number of sulfonamides is 1. The molecular weight excluding hydrogens is 286 g/mol. The fourth-order valence-corrected chi connectivity index (χ4v) is 3.20. The number of hydrogen-bond donors (Lipinski definition) is 2. The van der Waals surface area contributed by atoms with Crippen LogP contribution in [0.15, 0.2) is 23.1 Å². The highest BCUT2D eigenvalue weighted by Crippen LogP contribution is 2.26. The molecule has 0 spiro atoms. The minimum Gasteiger partial charge on any atom is -0.398 e. The Hall–Kier alpha value is -1.27. The van der Waals surface area contributed by atoms with E-state index in [0.29, 0.717) is 5.92 Å². The SMILES string of the molecule is CCC(CC)CN(CC)c1ccc(S(=O)(=O)NC)c(N)c1. The quantitative estimate of drug-likeness (QED) is 0.723. The highest BCUT2D eigenvalue weighted by molar-refractivity contribution is 7.89. The molecular formula is C15H27N3O2S. The van der Waals surface area contributed by atoms with E-state index in [9.17, 15) is 8.42 Å². The third-order valence-corrected chi connectivity index (χ3v) is 5.42. The van der Waals surface area contributed by atoms with Gasteiger partial charge in [0.1, 0.15) is 4.90 Å². The minimum absolute atomic E-state index is 0.132. The second-order valence-electron chi connectivity index (χ2n) is 5.15. The maximum Gasteiger partial charge on any atom is 0.242 e. The highest BCUT2D eigenvalue weighted by atomic mass is 32.2. The molecule has 0 heterocycles. The zero-order valence-corrected chi connectivity index (χ0v) is 14.2. The van der Waals surface area contributed by atoms with Gasteiger partial charge in [-0.25, -0.2) is 13.1 Å². The standard InChI is InChI=1S/C15H27N3O2S/c1-5-12(6-2)11-18(7-3)13-8-9-15(14(16)10-13)21(19,20)17-4/h8-10,12,17H,5-7,11,16H2,1-4H3. The molecule has 0 amide bonds. The summed E-state index contributed by atoms with van der Waals surface area (Å²) in [7, 11) is -2.12. The molecule has 21 heavy (non-hydrogen) atoms. The van der Waals surface area contributed by atoms with Crippen LogP contribution in [0.25, 0.3) is 0 Å². The molecule has 0 bridgehead atoms. The van der Waals surface area contributed by atoms with Crippen molar-refractivity contribution in [1.29, 1.82) is 0 Å². The van der Waals surface area contributed by atoms with E-state index in [-0.39, 0.29) is 10.6 Å². The molecule has 120 valence electrons. The van der Waals surface area contributed by atoms with E-state index >= 15 is 0 Å². The number of nitrogens with two attached hydrogens (primary N) is 1. The Kier molecular flexibility index (Phi) is 6.48. The van der Waals surface area contributed by atoms with Crippen molar-refractivity contribution in [2.75, 3.05) is 30.8 Å². The number of nitrogen functional groups attached to an aromatic ring is 1. The van der Waals surface area contributed by atoms with E-state index in [0.717, 1.165) is 31.6 Å². The largest absolute Gasteiger partial charge is 0.398 e. The Morgan fingerprint density at radius 2 is 1.86 bits per heavy atom. The summed E-state index contributed by atoms with van der Waals surface area (Å²) in [6, 6.07) is 5.15. The van der Waals surface area contributed by atoms with Crippen LogP contribution in [-0.2, 0) is 10.0 Å². The van der Waals surface area contributed by atoms with Crippen LogP contribution in [0.2, 0.25) is 0 Å². The maximum atomic E-state index is 11.8. The first-order valence-electron chi connectivity index (χ1n) is 7.47. The van der Waals surface area contributed by atoms with E-state index in [4.69, 9.17) is 5.73 Å². The molecule has 0 saturated heterocycles. The summed E-state index contributed by atoms with van der Waals surface area (Å²) in [6.07, 6.45) is 2.27. The van der Waals surface area contributed by atoms with Crippen LogP contribution in [0.1, 0.15) is 33.6 Å². The molecule has 1 aromatic rings. The van der Waals surface area contributed by atoms with Crippen LogP contribution in [0, 0.1) is 5.92 Å². The normalized spacial score (nSPS) is 11.9. The third-order valence-electron chi connectivity index (χ3n) is 3.93. The van der Waals surface area contributed by atoms with Crippen molar-refractivity contribution in [3.05, 3.63) is 18.2 Å². The number of nitrogens with zero attached hydrogens (tertiary/aromatic N) is 1. The zero-order valence-electron chi connectivity index (χ0n) is 13.4. The molecule has 5 nitrogen and oxygen atoms in total. The second-order valence-corrected chi connectivity index (χ2v) is 7.01. The van der Waals surface area contributed by atoms with Gasteiger partial charge in [-0.05, 0) is 38.1 Å². The number of anilines is 2. The second kappa shape index (κ2) is 7.66. The van der Waals surface area contributed by atoms with E-state index in [1.54, 1.807) is 12.1 Å². The van der Waals surface area contributed by atoms with Crippen LogP contribution in [0.3, 0.4) is 0 Å². The van der Waals surface area contributed by atoms with Gasteiger partial charge in [0, 0.05) is 18.8 Å². The summed E-state index contributed by atoms with van der Waals surface area (Å²) in [5, 5.41) is 0. The van der Waals surface area contributed by atoms with Gasteiger partial charge in [0.25, 0.3) is 0 Å². The molecule has 6 heteroatoms. The van der Waals surface area contributed by atoms with Crippen molar-refractivity contribution >= 4 is 21.4 Å². The van der Waals surface area contributed by atoms with Gasteiger partial charge in [-0.3, -0.25) is 0 Å². The zero-order chi connectivity index (χ0) is 16.0. The number of benzene rings is 1. The van der Waals surface area contributed by atoms with E-state index < -0.39 is 10.0 Å². The molecule has 0 unspecified atom stereocenters. The molecule has 0 aliphatic rings. The number of rotatable bonds is 8. The van der Waals surface area contributed by atoms with Gasteiger partial charge >= 0.3 is 0 Å². The van der Waals surface area contributed by atoms with Gasteiger partial charge in [-0.15, -0.1) is 0 Å². The first-order chi connectivity index (χ1) is 9.89. The molecule has 0 radical (unpaired) electrons. The van der Waals surface area contributed by atoms with Gasteiger partial charge in [-0.1, -0.05) is 26.7 Å². The molecule has 0 fully saturated rings. The first-order valence-corrected chi connectivity index (χ1v) is 8.95. The lowest BCUT2D eigenvalue weighted by Gasteiger charge is -2.28. The van der Waals surface area contributed by atoms with Gasteiger partial charge in [0.05, 0.1) is 5.69 Å². The maximum absolute atomic E-state index is 11.8. The predicted octanol–water partition coefficient (Wildman–Crippen LogP) is 2.44. The fraction of sp³-hybridized carbons (Fsp3) is 0.600. The third kappa shape index (κ3) is 4.35. The molecule has 1 rings (SSSR count). The molecule has 0 aliphatic carbocycles. The first kappa shape index (κ1) is 17.8. The Bertz CT molecular complexity index is 554. The molecule has 0 atom stereocenters. The topological polar surface area (TPSA) is 75.4 Å². The summed E-state index contributed by atoms with van der Waals surface area (Å²) in [6.45, 7) is 8.31. The van der Waals surface area contributed by atoms with Gasteiger partial charge in [0.15, 0.2) is 0 Å². The van der Waals surface area contributed by atoms with Crippen molar-refractivity contribution in [1.82, 2.24) is 4.72 Å². The lowest BCUT2D eigenvalue weighted by atomic mass is 10.0. The summed E-state index contributed by atoms with van der Waals surface area (Å²) in [5.41, 5.74) is 7.18. The monoisotopic (exact) mass is 313 g/mol. The summed E-state index contributed by atoms with van der Waals surface area (Å²) >= 11 is 0. The van der Waals surface area contributed by atoms with Crippen LogP contribution < -0.4 is 15.4 Å². The lowest BCUT2D eigenvalue weighted by molar-refractivity contribution is 0.486. The van der Waals surface area contributed by atoms with Crippen molar-refractivity contribution in [3.63, 3.8) is 0 Å². The smallest absolute Gasteiger partial charge is 0.242 e. The summed E-state index contributed by atoms with van der Waals surface area (Å²) < 4.78 is 26.0. The van der Waals surface area contributed by atoms with Gasteiger partial charge in [0.2, 0.25) is 10.0 Å². The summed E-state index contributed by atoms with van der Waals surface area (Å²) in [5.74, 6) is 0.631. The average Bonchev–Trinajstić information content (AvgIpc) is 2.48. The van der Waals surface area contributed by atoms with E-state index in [1.165, 1.54) is 7.05 Å². The highest BCUT2D eigenvalue weighted by Gasteiger charge is 2.17. The van der Waals surface area contributed by atoms with Crippen LogP contribution >= 0.6 is 0 Å². The molecule has 0 aromatic heterocycles. The Morgan fingerprint density at radius 1 is 1.24 bits per heavy atom. The number of hydrogen-bond acceptors (Lipinski definition) is 4. The van der Waals surface area contributed by atoms with Gasteiger partial charge in [-0.2, -0.15) is 0 Å². The Morgan fingerprint density at radius 3 is 2.29 bits per heavy atom. The number of nitrogens with one attached hydrogen (secondary N) is 1.